The van der Waals surface area contributed by atoms with Crippen LogP contribution in [0.4, 0.5) is 5.69 Å². The number of hydrogen-bond donors (Lipinski definition) is 1. The summed E-state index contributed by atoms with van der Waals surface area (Å²) >= 11 is 11.9. The number of anilines is 1. The maximum absolute atomic E-state index is 12.9. The van der Waals surface area contributed by atoms with Crippen molar-refractivity contribution in [2.75, 3.05) is 5.32 Å². The Labute approximate surface area is 190 Å². The molecule has 0 aliphatic carbocycles. The summed E-state index contributed by atoms with van der Waals surface area (Å²) in [6.45, 7) is 2.54. The second-order valence-corrected chi connectivity index (χ2v) is 8.24. The third kappa shape index (κ3) is 5.01. The fourth-order valence-corrected chi connectivity index (χ4v) is 3.68. The van der Waals surface area contributed by atoms with Crippen molar-refractivity contribution in [1.29, 1.82) is 0 Å². The van der Waals surface area contributed by atoms with E-state index in [0.717, 1.165) is 11.1 Å². The summed E-state index contributed by atoms with van der Waals surface area (Å²) in [5, 5.41) is 4.10. The second-order valence-electron chi connectivity index (χ2n) is 7.36. The molecule has 3 aromatic carbocycles. The van der Waals surface area contributed by atoms with Gasteiger partial charge in [0.1, 0.15) is 5.75 Å². The molecule has 1 aliphatic heterocycles. The Morgan fingerprint density at radius 1 is 1.03 bits per heavy atom. The van der Waals surface area contributed by atoms with Crippen LogP contribution in [0.5, 0.6) is 5.75 Å². The summed E-state index contributed by atoms with van der Waals surface area (Å²) in [5.74, 6) is 0.287. The van der Waals surface area contributed by atoms with Crippen molar-refractivity contribution in [3.63, 3.8) is 0 Å². The van der Waals surface area contributed by atoms with Crippen molar-refractivity contribution in [3.05, 3.63) is 93.5 Å². The first kappa shape index (κ1) is 21.2. The minimum absolute atomic E-state index is 0.0992. The Morgan fingerprint density at radius 2 is 1.68 bits per heavy atom. The maximum atomic E-state index is 12.9. The zero-order chi connectivity index (χ0) is 22.0. The van der Waals surface area contributed by atoms with Gasteiger partial charge in [0.15, 0.2) is 6.10 Å². The van der Waals surface area contributed by atoms with E-state index in [-0.39, 0.29) is 11.8 Å². The second kappa shape index (κ2) is 9.00. The van der Waals surface area contributed by atoms with Gasteiger partial charge in [-0.15, -0.1) is 0 Å². The summed E-state index contributed by atoms with van der Waals surface area (Å²) in [4.78, 5) is 27.1. The number of benzene rings is 3. The summed E-state index contributed by atoms with van der Waals surface area (Å²) in [7, 11) is 0. The SMILES string of the molecule is CC1Oc2ccc(NC(=O)c3ccc(Cl)cc3)cc2CN(Cc2ccc(Cl)cc2)C1=O. The molecule has 4 rings (SSSR count). The van der Waals surface area contributed by atoms with E-state index in [1.54, 1.807) is 60.4 Å². The van der Waals surface area contributed by atoms with Crippen molar-refractivity contribution in [2.45, 2.75) is 26.1 Å². The molecule has 0 aromatic heterocycles. The smallest absolute Gasteiger partial charge is 0.263 e. The monoisotopic (exact) mass is 454 g/mol. The predicted molar refractivity (Wildman–Crippen MR) is 122 cm³/mol. The zero-order valence-corrected chi connectivity index (χ0v) is 18.3. The Balaban J connectivity index is 1.55. The van der Waals surface area contributed by atoms with Gasteiger partial charge in [-0.25, -0.2) is 0 Å². The average molecular weight is 455 g/mol. The van der Waals surface area contributed by atoms with Crippen molar-refractivity contribution >= 4 is 40.7 Å². The van der Waals surface area contributed by atoms with Crippen LogP contribution in [0.25, 0.3) is 0 Å². The van der Waals surface area contributed by atoms with Crippen LogP contribution in [-0.2, 0) is 17.9 Å². The highest BCUT2D eigenvalue weighted by molar-refractivity contribution is 6.30. The third-order valence-electron chi connectivity index (χ3n) is 5.04. The number of nitrogens with one attached hydrogen (secondary N) is 1. The van der Waals surface area contributed by atoms with Crippen LogP contribution in [0, 0.1) is 0 Å². The number of carbonyl (C=O) groups excluding carboxylic acids is 2. The molecule has 3 aromatic rings. The lowest BCUT2D eigenvalue weighted by Crippen LogP contribution is -2.37. The van der Waals surface area contributed by atoms with Crippen molar-refractivity contribution in [3.8, 4) is 5.75 Å². The highest BCUT2D eigenvalue weighted by Gasteiger charge is 2.28. The molecule has 0 saturated carbocycles. The number of ether oxygens (including phenoxy) is 1. The van der Waals surface area contributed by atoms with Gasteiger partial charge in [-0.05, 0) is 67.1 Å². The largest absolute Gasteiger partial charge is 0.481 e. The van der Waals surface area contributed by atoms with Crippen LogP contribution < -0.4 is 10.1 Å². The molecule has 0 radical (unpaired) electrons. The van der Waals surface area contributed by atoms with E-state index in [2.05, 4.69) is 5.32 Å². The fraction of sp³-hybridized carbons (Fsp3) is 0.167. The quantitative estimate of drug-likeness (QED) is 0.561. The van der Waals surface area contributed by atoms with E-state index < -0.39 is 6.10 Å². The van der Waals surface area contributed by atoms with Gasteiger partial charge in [0.05, 0.1) is 0 Å². The van der Waals surface area contributed by atoms with Gasteiger partial charge in [-0.3, -0.25) is 9.59 Å². The highest BCUT2D eigenvalue weighted by Crippen LogP contribution is 2.29. The van der Waals surface area contributed by atoms with E-state index >= 15 is 0 Å². The molecule has 5 nitrogen and oxygen atoms in total. The van der Waals surface area contributed by atoms with E-state index in [0.29, 0.717) is 40.1 Å². The first-order chi connectivity index (χ1) is 14.9. The minimum Gasteiger partial charge on any atom is -0.481 e. The number of nitrogens with zero attached hydrogens (tertiary/aromatic N) is 1. The van der Waals surface area contributed by atoms with Crippen molar-refractivity contribution < 1.29 is 14.3 Å². The first-order valence-corrected chi connectivity index (χ1v) is 10.5. The molecular formula is C24H20Cl2N2O3. The molecule has 1 aliphatic rings. The number of halogens is 2. The Bertz CT molecular complexity index is 1110. The summed E-state index contributed by atoms with van der Waals surface area (Å²) in [6, 6.07) is 19.5. The third-order valence-corrected chi connectivity index (χ3v) is 5.54. The molecule has 1 unspecified atom stereocenters. The lowest BCUT2D eigenvalue weighted by molar-refractivity contribution is -0.138. The molecule has 0 saturated heterocycles. The topological polar surface area (TPSA) is 58.6 Å². The molecular weight excluding hydrogens is 435 g/mol. The Hall–Kier alpha value is -3.02. The Morgan fingerprint density at radius 3 is 2.35 bits per heavy atom. The average Bonchev–Trinajstić information content (AvgIpc) is 2.87. The molecule has 0 bridgehead atoms. The normalized spacial score (nSPS) is 15.6. The van der Waals surface area contributed by atoms with Crippen LogP contribution in [0.3, 0.4) is 0 Å². The van der Waals surface area contributed by atoms with Crippen molar-refractivity contribution in [2.24, 2.45) is 0 Å². The van der Waals surface area contributed by atoms with Crippen LogP contribution in [0.2, 0.25) is 10.0 Å². The molecule has 1 atom stereocenters. The zero-order valence-electron chi connectivity index (χ0n) is 16.8. The molecule has 0 fully saturated rings. The molecule has 0 spiro atoms. The molecule has 158 valence electrons. The number of fused-ring (bicyclic) bond motifs is 1. The number of carbonyl (C=O) groups is 2. The number of hydrogen-bond acceptors (Lipinski definition) is 3. The van der Waals surface area contributed by atoms with Gasteiger partial charge in [-0.2, -0.15) is 0 Å². The minimum atomic E-state index is -0.608. The Kier molecular flexibility index (Phi) is 6.16. The molecule has 1 N–H and O–H groups in total. The lowest BCUT2D eigenvalue weighted by atomic mass is 10.1. The summed E-state index contributed by atoms with van der Waals surface area (Å²) in [5.41, 5.74) is 2.92. The molecule has 2 amide bonds. The van der Waals surface area contributed by atoms with Crippen LogP contribution in [0.1, 0.15) is 28.4 Å². The van der Waals surface area contributed by atoms with Crippen molar-refractivity contribution in [1.82, 2.24) is 4.90 Å². The predicted octanol–water partition coefficient (Wildman–Crippen LogP) is 5.56. The van der Waals surface area contributed by atoms with E-state index in [9.17, 15) is 9.59 Å². The van der Waals surface area contributed by atoms with Crippen LogP contribution in [0.15, 0.2) is 66.7 Å². The molecule has 1 heterocycles. The number of rotatable bonds is 4. The number of amides is 2. The highest BCUT2D eigenvalue weighted by atomic mass is 35.5. The van der Waals surface area contributed by atoms with Gasteiger partial charge in [-0.1, -0.05) is 35.3 Å². The van der Waals surface area contributed by atoms with Gasteiger partial charge >= 0.3 is 0 Å². The van der Waals surface area contributed by atoms with Gasteiger partial charge < -0.3 is 15.0 Å². The summed E-state index contributed by atoms with van der Waals surface area (Å²) in [6.07, 6.45) is -0.608. The van der Waals surface area contributed by atoms with E-state index in [1.165, 1.54) is 0 Å². The van der Waals surface area contributed by atoms with Gasteiger partial charge in [0.25, 0.3) is 11.8 Å². The first-order valence-electron chi connectivity index (χ1n) is 9.79. The van der Waals surface area contributed by atoms with Gasteiger partial charge in [0, 0.05) is 39.9 Å². The van der Waals surface area contributed by atoms with Gasteiger partial charge in [0.2, 0.25) is 0 Å². The molecule has 7 heteroatoms. The lowest BCUT2D eigenvalue weighted by Gasteiger charge is -2.22. The van der Waals surface area contributed by atoms with E-state index in [1.807, 2.05) is 18.2 Å². The fourth-order valence-electron chi connectivity index (χ4n) is 3.43. The summed E-state index contributed by atoms with van der Waals surface area (Å²) < 4.78 is 5.87. The molecule has 31 heavy (non-hydrogen) atoms. The standard InChI is InChI=1S/C24H20Cl2N2O3/c1-15-24(30)28(13-16-2-6-19(25)7-3-16)14-18-12-21(10-11-22(18)31-15)27-23(29)17-4-8-20(26)9-5-17/h2-12,15H,13-14H2,1H3,(H,27,29). The van der Waals surface area contributed by atoms with Crippen LogP contribution >= 0.6 is 23.2 Å². The van der Waals surface area contributed by atoms with E-state index in [4.69, 9.17) is 27.9 Å². The maximum Gasteiger partial charge on any atom is 0.263 e. The van der Waals surface area contributed by atoms with Crippen LogP contribution in [-0.4, -0.2) is 22.8 Å².